The number of carbonyl (C=O) groups excluding carboxylic acids is 1. The van der Waals surface area contributed by atoms with E-state index in [0.29, 0.717) is 35.5 Å². The number of aliphatic hydroxyl groups is 1. The lowest BCUT2D eigenvalue weighted by atomic mass is 9.98. The molecule has 6 heteroatoms. The predicted molar refractivity (Wildman–Crippen MR) is 107 cm³/mol. The molecule has 3 rings (SSSR count). The SMILES string of the molecule is O=C1CC[C@H](C=C(c2ccc(Cl)cc2)c2ccc(CCCCO)c(=O)[nH]2)N1. The van der Waals surface area contributed by atoms with Crippen LogP contribution in [0.1, 0.15) is 42.5 Å². The van der Waals surface area contributed by atoms with Gasteiger partial charge in [-0.2, -0.15) is 0 Å². The van der Waals surface area contributed by atoms with Gasteiger partial charge in [-0.3, -0.25) is 9.59 Å². The van der Waals surface area contributed by atoms with E-state index in [9.17, 15) is 9.59 Å². The number of hydrogen-bond donors (Lipinski definition) is 3. The maximum Gasteiger partial charge on any atom is 0.251 e. The first-order chi connectivity index (χ1) is 13.1. The predicted octanol–water partition coefficient (Wildman–Crippen LogP) is 3.05. The highest BCUT2D eigenvalue weighted by molar-refractivity contribution is 6.30. The smallest absolute Gasteiger partial charge is 0.251 e. The van der Waals surface area contributed by atoms with Crippen LogP contribution >= 0.6 is 11.6 Å². The van der Waals surface area contributed by atoms with Gasteiger partial charge in [-0.1, -0.05) is 35.9 Å². The third kappa shape index (κ3) is 5.08. The molecule has 0 unspecified atom stereocenters. The second-order valence-corrected chi connectivity index (χ2v) is 7.14. The lowest BCUT2D eigenvalue weighted by Crippen LogP contribution is -2.23. The summed E-state index contributed by atoms with van der Waals surface area (Å²) in [5.41, 5.74) is 3.06. The Balaban J connectivity index is 1.94. The molecule has 1 aliphatic heterocycles. The minimum Gasteiger partial charge on any atom is -0.396 e. The summed E-state index contributed by atoms with van der Waals surface area (Å²) >= 11 is 6.01. The molecule has 2 heterocycles. The number of carbonyl (C=O) groups is 1. The largest absolute Gasteiger partial charge is 0.396 e. The number of benzene rings is 1. The van der Waals surface area contributed by atoms with Crippen molar-refractivity contribution in [2.75, 3.05) is 6.61 Å². The van der Waals surface area contributed by atoms with Gasteiger partial charge in [0.15, 0.2) is 0 Å². The number of aliphatic hydroxyl groups excluding tert-OH is 1. The average molecular weight is 387 g/mol. The molecule has 1 saturated heterocycles. The molecule has 1 aromatic heterocycles. The Morgan fingerprint density at radius 3 is 2.56 bits per heavy atom. The molecule has 0 saturated carbocycles. The number of aryl methyl sites for hydroxylation is 1. The summed E-state index contributed by atoms with van der Waals surface area (Å²) < 4.78 is 0. The van der Waals surface area contributed by atoms with Crippen LogP contribution in [0.5, 0.6) is 0 Å². The Bertz CT molecular complexity index is 887. The molecule has 0 aliphatic carbocycles. The van der Waals surface area contributed by atoms with E-state index in [2.05, 4.69) is 10.3 Å². The summed E-state index contributed by atoms with van der Waals surface area (Å²) in [4.78, 5) is 27.0. The third-order valence-electron chi connectivity index (χ3n) is 4.69. The number of pyridine rings is 1. The lowest BCUT2D eigenvalue weighted by Gasteiger charge is -2.13. The molecule has 1 amide bonds. The van der Waals surface area contributed by atoms with Crippen LogP contribution in [0.4, 0.5) is 0 Å². The Morgan fingerprint density at radius 1 is 1.15 bits per heavy atom. The number of hydrogen-bond acceptors (Lipinski definition) is 3. The van der Waals surface area contributed by atoms with Gasteiger partial charge >= 0.3 is 0 Å². The summed E-state index contributed by atoms with van der Waals surface area (Å²) in [6.07, 6.45) is 5.32. The zero-order valence-corrected chi connectivity index (χ0v) is 15.8. The molecule has 1 atom stereocenters. The van der Waals surface area contributed by atoms with Gasteiger partial charge in [-0.05, 0) is 49.4 Å². The van der Waals surface area contributed by atoms with Gasteiger partial charge < -0.3 is 15.4 Å². The fraction of sp³-hybridized carbons (Fsp3) is 0.333. The molecule has 0 bridgehead atoms. The van der Waals surface area contributed by atoms with Gasteiger partial charge in [-0.25, -0.2) is 0 Å². The number of nitrogens with one attached hydrogen (secondary N) is 2. The fourth-order valence-corrected chi connectivity index (χ4v) is 3.35. The van der Waals surface area contributed by atoms with Crippen molar-refractivity contribution in [3.8, 4) is 0 Å². The molecule has 5 nitrogen and oxygen atoms in total. The Kier molecular flexibility index (Phi) is 6.48. The van der Waals surface area contributed by atoms with Crippen molar-refractivity contribution in [3.63, 3.8) is 0 Å². The van der Waals surface area contributed by atoms with Crippen LogP contribution in [-0.4, -0.2) is 28.6 Å². The van der Waals surface area contributed by atoms with Crippen molar-refractivity contribution < 1.29 is 9.90 Å². The second kappa shape index (κ2) is 9.02. The van der Waals surface area contributed by atoms with E-state index in [4.69, 9.17) is 16.7 Å². The van der Waals surface area contributed by atoms with Crippen molar-refractivity contribution in [3.05, 3.63) is 74.7 Å². The highest BCUT2D eigenvalue weighted by atomic mass is 35.5. The van der Waals surface area contributed by atoms with Gasteiger partial charge in [0, 0.05) is 40.9 Å². The highest BCUT2D eigenvalue weighted by Gasteiger charge is 2.20. The molecule has 1 aromatic carbocycles. The highest BCUT2D eigenvalue weighted by Crippen LogP contribution is 2.25. The average Bonchev–Trinajstić information content (AvgIpc) is 3.07. The van der Waals surface area contributed by atoms with Gasteiger partial charge in [0.1, 0.15) is 0 Å². The van der Waals surface area contributed by atoms with Crippen LogP contribution < -0.4 is 10.9 Å². The molecule has 1 fully saturated rings. The lowest BCUT2D eigenvalue weighted by molar-refractivity contribution is -0.119. The summed E-state index contributed by atoms with van der Waals surface area (Å²) in [6.45, 7) is 0.131. The number of halogens is 1. The van der Waals surface area contributed by atoms with Crippen LogP contribution in [0, 0.1) is 0 Å². The van der Waals surface area contributed by atoms with Crippen LogP contribution in [0.2, 0.25) is 5.02 Å². The molecule has 0 spiro atoms. The number of rotatable bonds is 7. The maximum atomic E-state index is 12.5. The van der Waals surface area contributed by atoms with E-state index < -0.39 is 0 Å². The second-order valence-electron chi connectivity index (χ2n) is 6.71. The van der Waals surface area contributed by atoms with Crippen LogP contribution in [0.25, 0.3) is 5.57 Å². The van der Waals surface area contributed by atoms with Crippen LogP contribution in [-0.2, 0) is 11.2 Å². The van der Waals surface area contributed by atoms with Crippen molar-refractivity contribution in [1.82, 2.24) is 10.3 Å². The first-order valence-electron chi connectivity index (χ1n) is 9.17. The van der Waals surface area contributed by atoms with E-state index in [1.165, 1.54) is 0 Å². The number of H-pyrrole nitrogens is 1. The van der Waals surface area contributed by atoms with E-state index in [1.807, 2.05) is 30.3 Å². The Hall–Kier alpha value is -2.37. The standard InChI is InChI=1S/C21H23ClN2O3/c22-16-7-4-14(5-8-16)18(13-17-9-11-20(26)23-17)19-10-6-15(21(27)24-19)3-1-2-12-25/h4-8,10,13,17,25H,1-3,9,11-12H2,(H,23,26)(H,24,27)/t17-/m1/s1. The fourth-order valence-electron chi connectivity index (χ4n) is 3.22. The maximum absolute atomic E-state index is 12.5. The topological polar surface area (TPSA) is 82.2 Å². The minimum atomic E-state index is -0.124. The molecular weight excluding hydrogens is 364 g/mol. The molecular formula is C21H23ClN2O3. The van der Waals surface area contributed by atoms with Crippen molar-refractivity contribution in [2.24, 2.45) is 0 Å². The van der Waals surface area contributed by atoms with Gasteiger partial charge in [0.05, 0.1) is 0 Å². The van der Waals surface area contributed by atoms with E-state index in [1.54, 1.807) is 12.1 Å². The zero-order valence-electron chi connectivity index (χ0n) is 15.0. The van der Waals surface area contributed by atoms with E-state index in [-0.39, 0.29) is 24.1 Å². The monoisotopic (exact) mass is 386 g/mol. The summed E-state index contributed by atoms with van der Waals surface area (Å²) in [6, 6.07) is 11.1. The molecule has 3 N–H and O–H groups in total. The summed E-state index contributed by atoms with van der Waals surface area (Å²) in [7, 11) is 0. The normalized spacial score (nSPS) is 17.2. The molecule has 0 radical (unpaired) electrons. The number of aromatic nitrogens is 1. The molecule has 142 valence electrons. The molecule has 1 aliphatic rings. The third-order valence-corrected chi connectivity index (χ3v) is 4.94. The molecule has 2 aromatic rings. The number of aromatic amines is 1. The van der Waals surface area contributed by atoms with Crippen LogP contribution in [0.15, 0.2) is 47.3 Å². The first-order valence-corrected chi connectivity index (χ1v) is 9.55. The van der Waals surface area contributed by atoms with E-state index >= 15 is 0 Å². The minimum absolute atomic E-state index is 0.0411. The quantitative estimate of drug-likeness (QED) is 0.639. The van der Waals surface area contributed by atoms with Gasteiger partial charge in [0.2, 0.25) is 5.91 Å². The van der Waals surface area contributed by atoms with Crippen molar-refractivity contribution >= 4 is 23.1 Å². The molecule has 27 heavy (non-hydrogen) atoms. The van der Waals surface area contributed by atoms with Crippen molar-refractivity contribution in [2.45, 2.75) is 38.1 Å². The summed E-state index contributed by atoms with van der Waals surface area (Å²) in [5.74, 6) is 0.0411. The number of amides is 1. The number of unbranched alkanes of at least 4 members (excludes halogenated alkanes) is 1. The van der Waals surface area contributed by atoms with Crippen molar-refractivity contribution in [1.29, 1.82) is 0 Å². The van der Waals surface area contributed by atoms with Gasteiger partial charge in [0.25, 0.3) is 5.56 Å². The van der Waals surface area contributed by atoms with Crippen LogP contribution in [0.3, 0.4) is 0 Å². The van der Waals surface area contributed by atoms with E-state index in [0.717, 1.165) is 24.0 Å². The Labute approximate surface area is 163 Å². The zero-order chi connectivity index (χ0) is 19.2. The van der Waals surface area contributed by atoms with Gasteiger partial charge in [-0.15, -0.1) is 0 Å². The first kappa shape index (κ1) is 19.4. The Morgan fingerprint density at radius 2 is 1.93 bits per heavy atom. The summed E-state index contributed by atoms with van der Waals surface area (Å²) in [5, 5.41) is 12.5.